The highest BCUT2D eigenvalue weighted by Gasteiger charge is 2.31. The van der Waals surface area contributed by atoms with Gasteiger partial charge in [-0.1, -0.05) is 19.9 Å². The van der Waals surface area contributed by atoms with E-state index in [-0.39, 0.29) is 5.91 Å². The molecule has 0 N–H and O–H groups in total. The molecule has 4 rings (SSSR count). The first-order valence-electron chi connectivity index (χ1n) is 10.1. The van der Waals surface area contributed by atoms with E-state index in [1.54, 1.807) is 28.4 Å². The van der Waals surface area contributed by atoms with Gasteiger partial charge < -0.3 is 4.90 Å². The summed E-state index contributed by atoms with van der Waals surface area (Å²) in [7, 11) is 0. The van der Waals surface area contributed by atoms with Gasteiger partial charge in [0.1, 0.15) is 0 Å². The summed E-state index contributed by atoms with van der Waals surface area (Å²) >= 11 is 1.63. The average molecular weight is 411 g/mol. The standard InChI is InChI=1S/C21H26N6OS/c1-4-25(5-2)16-9-11-26(14-16)20(28)17-13-23-27(15(17)3)21-22-10-8-18(24-21)19-7-6-12-29-19/h6-8,10,12-13,16H,4-5,9,11,14H2,1-3H3/t16-/m1/s1. The van der Waals surface area contributed by atoms with E-state index in [0.29, 0.717) is 17.6 Å². The van der Waals surface area contributed by atoms with Crippen LogP contribution in [0.5, 0.6) is 0 Å². The molecule has 3 aromatic rings. The molecular formula is C21H26N6OS. The van der Waals surface area contributed by atoms with Crippen molar-refractivity contribution in [3.8, 4) is 16.5 Å². The fourth-order valence-electron chi connectivity index (χ4n) is 3.97. The fraction of sp³-hybridized carbons (Fsp3) is 0.429. The predicted octanol–water partition coefficient (Wildman–Crippen LogP) is 3.26. The molecule has 8 heteroatoms. The van der Waals surface area contributed by atoms with Gasteiger partial charge in [0.05, 0.1) is 28.0 Å². The third kappa shape index (κ3) is 3.82. The molecule has 0 unspecified atom stereocenters. The normalized spacial score (nSPS) is 16.7. The molecule has 0 aliphatic carbocycles. The third-order valence-electron chi connectivity index (χ3n) is 5.63. The lowest BCUT2D eigenvalue weighted by Crippen LogP contribution is -2.38. The molecule has 1 aliphatic rings. The lowest BCUT2D eigenvalue weighted by atomic mass is 10.2. The quantitative estimate of drug-likeness (QED) is 0.624. The number of carbonyl (C=O) groups excluding carboxylic acids is 1. The van der Waals surface area contributed by atoms with Gasteiger partial charge in [-0.3, -0.25) is 9.69 Å². The zero-order valence-corrected chi connectivity index (χ0v) is 17.9. The number of aromatic nitrogens is 4. The van der Waals surface area contributed by atoms with Gasteiger partial charge in [0, 0.05) is 25.3 Å². The van der Waals surface area contributed by atoms with Crippen LogP contribution in [0, 0.1) is 6.92 Å². The zero-order valence-electron chi connectivity index (χ0n) is 17.1. The highest BCUT2D eigenvalue weighted by molar-refractivity contribution is 7.13. The summed E-state index contributed by atoms with van der Waals surface area (Å²) in [6.45, 7) is 9.83. The van der Waals surface area contributed by atoms with E-state index in [0.717, 1.165) is 48.9 Å². The van der Waals surface area contributed by atoms with Crippen LogP contribution in [0.25, 0.3) is 16.5 Å². The fourth-order valence-corrected chi connectivity index (χ4v) is 4.66. The Morgan fingerprint density at radius 3 is 2.86 bits per heavy atom. The predicted molar refractivity (Wildman–Crippen MR) is 114 cm³/mol. The summed E-state index contributed by atoms with van der Waals surface area (Å²) in [6, 6.07) is 6.36. The molecule has 1 amide bonds. The maximum absolute atomic E-state index is 13.1. The highest BCUT2D eigenvalue weighted by Crippen LogP contribution is 2.24. The smallest absolute Gasteiger partial charge is 0.257 e. The van der Waals surface area contributed by atoms with Crippen molar-refractivity contribution in [3.05, 3.63) is 47.2 Å². The van der Waals surface area contributed by atoms with Crippen molar-refractivity contribution in [2.24, 2.45) is 0 Å². The number of nitrogens with zero attached hydrogens (tertiary/aromatic N) is 6. The van der Waals surface area contributed by atoms with Crippen LogP contribution in [-0.2, 0) is 0 Å². The SMILES string of the molecule is CCN(CC)[C@@H]1CCN(C(=O)c2cnn(-c3nccc(-c4cccs4)n3)c2C)C1. The minimum absolute atomic E-state index is 0.0396. The number of carbonyl (C=O) groups is 1. The minimum Gasteiger partial charge on any atom is -0.337 e. The van der Waals surface area contributed by atoms with Crippen LogP contribution in [0.2, 0.25) is 0 Å². The van der Waals surface area contributed by atoms with Crippen molar-refractivity contribution >= 4 is 17.2 Å². The van der Waals surface area contributed by atoms with Crippen LogP contribution in [0.1, 0.15) is 36.3 Å². The molecule has 7 nitrogen and oxygen atoms in total. The third-order valence-corrected chi connectivity index (χ3v) is 6.52. The summed E-state index contributed by atoms with van der Waals surface area (Å²) in [5.41, 5.74) is 2.24. The van der Waals surface area contributed by atoms with E-state index in [4.69, 9.17) is 0 Å². The summed E-state index contributed by atoms with van der Waals surface area (Å²) in [6.07, 6.45) is 4.39. The largest absolute Gasteiger partial charge is 0.337 e. The van der Waals surface area contributed by atoms with Crippen molar-refractivity contribution in [2.45, 2.75) is 33.2 Å². The number of hydrogen-bond donors (Lipinski definition) is 0. The maximum Gasteiger partial charge on any atom is 0.257 e. The number of likely N-dealkylation sites (N-methyl/N-ethyl adjacent to an activating group) is 1. The second-order valence-corrected chi connectivity index (χ2v) is 8.14. The van der Waals surface area contributed by atoms with Crippen LogP contribution in [0.15, 0.2) is 36.0 Å². The number of hydrogen-bond acceptors (Lipinski definition) is 6. The molecule has 0 radical (unpaired) electrons. The second kappa shape index (κ2) is 8.42. The van der Waals surface area contributed by atoms with Crippen molar-refractivity contribution in [2.75, 3.05) is 26.2 Å². The Balaban J connectivity index is 1.55. The van der Waals surface area contributed by atoms with Crippen molar-refractivity contribution in [3.63, 3.8) is 0 Å². The first-order valence-corrected chi connectivity index (χ1v) is 11.0. The van der Waals surface area contributed by atoms with Gasteiger partial charge in [0.25, 0.3) is 11.9 Å². The van der Waals surface area contributed by atoms with Crippen LogP contribution >= 0.6 is 11.3 Å². The molecule has 1 atom stereocenters. The Hall–Kier alpha value is -2.58. The lowest BCUT2D eigenvalue weighted by Gasteiger charge is -2.26. The van der Waals surface area contributed by atoms with Crippen molar-refractivity contribution in [1.82, 2.24) is 29.5 Å². The molecule has 152 valence electrons. The monoisotopic (exact) mass is 410 g/mol. The highest BCUT2D eigenvalue weighted by atomic mass is 32.1. The van der Waals surface area contributed by atoms with Gasteiger partial charge in [0.15, 0.2) is 0 Å². The van der Waals surface area contributed by atoms with Crippen LogP contribution in [0.3, 0.4) is 0 Å². The Morgan fingerprint density at radius 1 is 1.31 bits per heavy atom. The summed E-state index contributed by atoms with van der Waals surface area (Å²) in [4.78, 5) is 27.6. The molecular weight excluding hydrogens is 384 g/mol. The van der Waals surface area contributed by atoms with Crippen LogP contribution in [-0.4, -0.2) is 67.7 Å². The van der Waals surface area contributed by atoms with Gasteiger partial charge in [0.2, 0.25) is 0 Å². The molecule has 1 aliphatic heterocycles. The molecule has 1 saturated heterocycles. The van der Waals surface area contributed by atoms with Gasteiger partial charge >= 0.3 is 0 Å². The van der Waals surface area contributed by atoms with E-state index < -0.39 is 0 Å². The van der Waals surface area contributed by atoms with Gasteiger partial charge in [-0.2, -0.15) is 5.10 Å². The molecule has 3 aromatic heterocycles. The number of amides is 1. The molecule has 29 heavy (non-hydrogen) atoms. The van der Waals surface area contributed by atoms with Crippen LogP contribution < -0.4 is 0 Å². The lowest BCUT2D eigenvalue weighted by molar-refractivity contribution is 0.0777. The molecule has 0 bridgehead atoms. The number of thiophene rings is 1. The molecule has 1 fully saturated rings. The second-order valence-electron chi connectivity index (χ2n) is 7.19. The van der Waals surface area contributed by atoms with Gasteiger partial charge in [-0.05, 0) is 43.9 Å². The Labute approximate surface area is 175 Å². The Morgan fingerprint density at radius 2 is 2.14 bits per heavy atom. The summed E-state index contributed by atoms with van der Waals surface area (Å²) < 4.78 is 1.66. The maximum atomic E-state index is 13.1. The van der Waals surface area contributed by atoms with E-state index in [1.165, 1.54) is 0 Å². The van der Waals surface area contributed by atoms with Gasteiger partial charge in [-0.25, -0.2) is 14.6 Å². The van der Waals surface area contributed by atoms with Crippen molar-refractivity contribution in [1.29, 1.82) is 0 Å². The Kier molecular flexibility index (Phi) is 5.73. The van der Waals surface area contributed by atoms with Crippen LogP contribution in [0.4, 0.5) is 0 Å². The average Bonchev–Trinajstić information content (AvgIpc) is 3.50. The van der Waals surface area contributed by atoms with E-state index >= 15 is 0 Å². The Bertz CT molecular complexity index is 979. The van der Waals surface area contributed by atoms with Crippen molar-refractivity contribution < 1.29 is 4.79 Å². The van der Waals surface area contributed by atoms with E-state index in [9.17, 15) is 4.79 Å². The van der Waals surface area contributed by atoms with Gasteiger partial charge in [-0.15, -0.1) is 11.3 Å². The zero-order chi connectivity index (χ0) is 20.4. The molecule has 0 spiro atoms. The minimum atomic E-state index is 0.0396. The number of rotatable bonds is 6. The van der Waals surface area contributed by atoms with E-state index in [2.05, 4.69) is 33.8 Å². The topological polar surface area (TPSA) is 67.2 Å². The first kappa shape index (κ1) is 19.7. The molecule has 0 aromatic carbocycles. The summed E-state index contributed by atoms with van der Waals surface area (Å²) in [5, 5.41) is 6.45. The van der Waals surface area contributed by atoms with E-state index in [1.807, 2.05) is 35.4 Å². The number of likely N-dealkylation sites (tertiary alicyclic amines) is 1. The molecule has 4 heterocycles. The summed E-state index contributed by atoms with van der Waals surface area (Å²) in [5.74, 6) is 0.521. The first-order chi connectivity index (χ1) is 14.1. The molecule has 0 saturated carbocycles.